The number of carbonyl (C=O) groups is 2. The van der Waals surface area contributed by atoms with Gasteiger partial charge in [-0.15, -0.1) is 0 Å². The van der Waals surface area contributed by atoms with Crippen molar-refractivity contribution >= 4 is 19.8 Å². The summed E-state index contributed by atoms with van der Waals surface area (Å²) >= 11 is 0. The topological polar surface area (TPSA) is 111 Å². The van der Waals surface area contributed by atoms with E-state index in [1.54, 1.807) is 0 Å². The first-order chi connectivity index (χ1) is 27.5. The normalized spacial score (nSPS) is 13.4. The average Bonchev–Trinajstić information content (AvgIpc) is 3.16. The van der Waals surface area contributed by atoms with Crippen molar-refractivity contribution in [3.8, 4) is 0 Å². The zero-order chi connectivity index (χ0) is 42.1. The van der Waals surface area contributed by atoms with E-state index in [9.17, 15) is 19.0 Å². The van der Waals surface area contributed by atoms with E-state index in [0.29, 0.717) is 17.4 Å². The quantitative estimate of drug-likeness (QED) is 0.0258. The van der Waals surface area contributed by atoms with Crippen LogP contribution in [0.4, 0.5) is 0 Å². The van der Waals surface area contributed by atoms with E-state index in [-0.39, 0.29) is 32.0 Å². The lowest BCUT2D eigenvalue weighted by molar-refractivity contribution is -0.870. The lowest BCUT2D eigenvalue weighted by Crippen LogP contribution is -2.37. The highest BCUT2D eigenvalue weighted by Gasteiger charge is 2.21. The molecule has 0 aromatic heterocycles. The molecule has 0 amide bonds. The van der Waals surface area contributed by atoms with Gasteiger partial charge in [0.2, 0.25) is 0 Å². The summed E-state index contributed by atoms with van der Waals surface area (Å²) in [6, 6.07) is 0. The molecule has 2 unspecified atom stereocenters. The molecule has 340 valence electrons. The third-order valence-corrected chi connectivity index (χ3v) is 11.8. The van der Waals surface area contributed by atoms with Crippen LogP contribution in [0.15, 0.2) is 0 Å². The molecule has 0 spiro atoms. The molecule has 57 heavy (non-hydrogen) atoms. The van der Waals surface area contributed by atoms with Crippen molar-refractivity contribution in [2.24, 2.45) is 0 Å². The second-order valence-corrected chi connectivity index (χ2v) is 19.3. The minimum absolute atomic E-state index is 0.0256. The number of likely N-dealkylation sites (N-methyl/N-ethyl adjacent to an activating group) is 1. The van der Waals surface area contributed by atoms with Crippen LogP contribution in [0.3, 0.4) is 0 Å². The highest BCUT2D eigenvalue weighted by atomic mass is 31.2. The van der Waals surface area contributed by atoms with E-state index in [1.165, 1.54) is 173 Å². The second kappa shape index (κ2) is 40.4. The first-order valence-electron chi connectivity index (χ1n) is 24.2. The minimum atomic E-state index is -4.62. The Kier molecular flexibility index (Phi) is 39.7. The van der Waals surface area contributed by atoms with E-state index < -0.39 is 26.5 Å². The summed E-state index contributed by atoms with van der Waals surface area (Å²) < 4.78 is 34.0. The molecular formula is C47H94NO8P. The first kappa shape index (κ1) is 56.0. The predicted molar refractivity (Wildman–Crippen MR) is 236 cm³/mol. The molecule has 10 heteroatoms. The van der Waals surface area contributed by atoms with Gasteiger partial charge in [0.05, 0.1) is 27.7 Å². The summed E-state index contributed by atoms with van der Waals surface area (Å²) in [4.78, 5) is 37.6. The number of ether oxygens (including phenoxy) is 2. The van der Waals surface area contributed by atoms with E-state index >= 15 is 0 Å². The van der Waals surface area contributed by atoms with Gasteiger partial charge in [-0.1, -0.05) is 213 Å². The molecule has 2 atom stereocenters. The lowest BCUT2D eigenvalue weighted by atomic mass is 10.0. The Morgan fingerprint density at radius 3 is 1.12 bits per heavy atom. The van der Waals surface area contributed by atoms with Gasteiger partial charge in [-0.05, 0) is 12.8 Å². The van der Waals surface area contributed by atoms with Gasteiger partial charge in [0.1, 0.15) is 19.8 Å². The first-order valence-corrected chi connectivity index (χ1v) is 25.7. The summed E-state index contributed by atoms with van der Waals surface area (Å²) in [6.45, 7) is 4.27. The van der Waals surface area contributed by atoms with Gasteiger partial charge in [-0.2, -0.15) is 0 Å². The fraction of sp³-hybridized carbons (Fsp3) is 0.957. The van der Waals surface area contributed by atoms with E-state index in [2.05, 4.69) is 13.8 Å². The number of quaternary nitrogens is 1. The molecule has 0 rings (SSSR count). The lowest BCUT2D eigenvalue weighted by Gasteiger charge is -2.28. The van der Waals surface area contributed by atoms with Crippen LogP contribution >= 0.6 is 7.82 Å². The third kappa shape index (κ3) is 44.4. The number of hydrogen-bond acceptors (Lipinski definition) is 8. The van der Waals surface area contributed by atoms with Crippen LogP contribution in [0.1, 0.15) is 239 Å². The molecule has 0 saturated heterocycles. The van der Waals surface area contributed by atoms with Crippen LogP contribution in [0, 0.1) is 0 Å². The Labute approximate surface area is 353 Å². The van der Waals surface area contributed by atoms with Gasteiger partial charge in [0, 0.05) is 12.8 Å². The van der Waals surface area contributed by atoms with Crippen molar-refractivity contribution in [3.05, 3.63) is 0 Å². The van der Waals surface area contributed by atoms with Crippen molar-refractivity contribution < 1.29 is 42.1 Å². The molecule has 0 fully saturated rings. The Balaban J connectivity index is 4.20. The molecular weight excluding hydrogens is 737 g/mol. The fourth-order valence-corrected chi connectivity index (χ4v) is 7.80. The zero-order valence-electron chi connectivity index (χ0n) is 38.3. The standard InChI is InChI=1S/C47H94NO8P/c1-6-8-10-12-14-16-18-20-21-22-23-24-25-26-28-29-31-33-35-37-39-46(49)53-43-45(44-55-57(51,52)54-42-41-48(3,4)5)56-47(50)40-38-36-34-32-30-27-19-17-15-13-11-9-7-2/h45H,6-44H2,1-5H3. The monoisotopic (exact) mass is 832 g/mol. The average molecular weight is 832 g/mol. The SMILES string of the molecule is CCCCCCCCCCCCCCCCCCCCCCC(=O)OCC(COP(=O)([O-])OCC[N+](C)(C)C)OC(=O)CCCCCCCCCCCCCCC. The van der Waals surface area contributed by atoms with Crippen LogP contribution in [0.25, 0.3) is 0 Å². The molecule has 0 heterocycles. The van der Waals surface area contributed by atoms with Gasteiger partial charge in [0.25, 0.3) is 7.82 Å². The summed E-state index contributed by atoms with van der Waals surface area (Å²) in [5.41, 5.74) is 0. The van der Waals surface area contributed by atoms with Crippen LogP contribution < -0.4 is 4.89 Å². The van der Waals surface area contributed by atoms with Crippen molar-refractivity contribution in [3.63, 3.8) is 0 Å². The Morgan fingerprint density at radius 2 is 0.789 bits per heavy atom. The molecule has 0 aliphatic rings. The van der Waals surface area contributed by atoms with Crippen LogP contribution in [-0.4, -0.2) is 70.0 Å². The Morgan fingerprint density at radius 1 is 0.474 bits per heavy atom. The largest absolute Gasteiger partial charge is 0.756 e. The highest BCUT2D eigenvalue weighted by molar-refractivity contribution is 7.45. The minimum Gasteiger partial charge on any atom is -0.756 e. The predicted octanol–water partition coefficient (Wildman–Crippen LogP) is 13.3. The second-order valence-electron chi connectivity index (χ2n) is 17.8. The molecule has 0 radical (unpaired) electrons. The van der Waals surface area contributed by atoms with E-state index in [0.717, 1.165) is 32.1 Å². The van der Waals surface area contributed by atoms with Gasteiger partial charge < -0.3 is 27.9 Å². The smallest absolute Gasteiger partial charge is 0.306 e. The fourth-order valence-electron chi connectivity index (χ4n) is 7.07. The molecule has 0 aliphatic heterocycles. The van der Waals surface area contributed by atoms with Crippen LogP contribution in [0.2, 0.25) is 0 Å². The summed E-state index contributed by atoms with van der Waals surface area (Å²) in [5.74, 6) is -0.817. The molecule has 0 aromatic carbocycles. The molecule has 0 bridgehead atoms. The zero-order valence-corrected chi connectivity index (χ0v) is 39.2. The maximum absolute atomic E-state index is 12.7. The Bertz CT molecular complexity index is 943. The maximum Gasteiger partial charge on any atom is 0.306 e. The summed E-state index contributed by atoms with van der Waals surface area (Å²) in [5, 5.41) is 0. The van der Waals surface area contributed by atoms with Gasteiger partial charge in [-0.3, -0.25) is 14.2 Å². The number of hydrogen-bond donors (Lipinski definition) is 0. The molecule has 0 aromatic rings. The number of esters is 2. The number of nitrogens with zero attached hydrogens (tertiary/aromatic N) is 1. The number of rotatable bonds is 45. The molecule has 0 saturated carbocycles. The Hall–Kier alpha value is -0.990. The number of carbonyl (C=O) groups excluding carboxylic acids is 2. The van der Waals surface area contributed by atoms with Crippen LogP contribution in [-0.2, 0) is 32.7 Å². The number of phosphoric ester groups is 1. The molecule has 0 aliphatic carbocycles. The number of unbranched alkanes of at least 4 members (excludes halogenated alkanes) is 31. The highest BCUT2D eigenvalue weighted by Crippen LogP contribution is 2.38. The van der Waals surface area contributed by atoms with Gasteiger partial charge >= 0.3 is 11.9 Å². The summed E-state index contributed by atoms with van der Waals surface area (Å²) in [7, 11) is 1.18. The van der Waals surface area contributed by atoms with E-state index in [4.69, 9.17) is 18.5 Å². The third-order valence-electron chi connectivity index (χ3n) is 10.9. The van der Waals surface area contributed by atoms with Crippen molar-refractivity contribution in [2.45, 2.75) is 245 Å². The maximum atomic E-state index is 12.7. The van der Waals surface area contributed by atoms with Crippen molar-refractivity contribution in [1.82, 2.24) is 0 Å². The summed E-state index contributed by atoms with van der Waals surface area (Å²) in [6.07, 6.45) is 41.3. The number of phosphoric acid groups is 1. The molecule has 0 N–H and O–H groups in total. The van der Waals surface area contributed by atoms with Crippen molar-refractivity contribution in [2.75, 3.05) is 47.5 Å². The van der Waals surface area contributed by atoms with E-state index in [1.807, 2.05) is 21.1 Å². The van der Waals surface area contributed by atoms with Crippen molar-refractivity contribution in [1.29, 1.82) is 0 Å². The van der Waals surface area contributed by atoms with Gasteiger partial charge in [0.15, 0.2) is 6.10 Å². The molecule has 9 nitrogen and oxygen atoms in total. The van der Waals surface area contributed by atoms with Crippen LogP contribution in [0.5, 0.6) is 0 Å². The van der Waals surface area contributed by atoms with Gasteiger partial charge in [-0.25, -0.2) is 0 Å².